The summed E-state index contributed by atoms with van der Waals surface area (Å²) in [7, 11) is 0. The number of carbonyl (C=O) groups excluding carboxylic acids is 1. The fourth-order valence-electron chi connectivity index (χ4n) is 2.69. The summed E-state index contributed by atoms with van der Waals surface area (Å²) in [6.45, 7) is -0.0769. The third kappa shape index (κ3) is 3.63. The summed E-state index contributed by atoms with van der Waals surface area (Å²) in [5.41, 5.74) is 1.35. The van der Waals surface area contributed by atoms with Gasteiger partial charge in [-0.05, 0) is 24.3 Å². The van der Waals surface area contributed by atoms with Gasteiger partial charge in [-0.1, -0.05) is 29.8 Å². The van der Waals surface area contributed by atoms with Crippen molar-refractivity contribution in [2.45, 2.75) is 6.54 Å². The van der Waals surface area contributed by atoms with Gasteiger partial charge in [-0.2, -0.15) is 5.10 Å². The number of anilines is 1. The van der Waals surface area contributed by atoms with E-state index in [2.05, 4.69) is 10.4 Å². The van der Waals surface area contributed by atoms with Gasteiger partial charge in [-0.15, -0.1) is 0 Å². The maximum Gasteiger partial charge on any atom is 0.267 e. The molecule has 0 saturated carbocycles. The Hall–Kier alpha value is -3.32. The van der Waals surface area contributed by atoms with Gasteiger partial charge in [-0.25, -0.2) is 4.68 Å². The van der Waals surface area contributed by atoms with Crippen LogP contribution in [0.2, 0.25) is 5.02 Å². The van der Waals surface area contributed by atoms with Gasteiger partial charge in [0, 0.05) is 23.4 Å². The molecule has 1 aliphatic heterocycles. The van der Waals surface area contributed by atoms with Crippen molar-refractivity contribution in [3.8, 4) is 22.8 Å². The van der Waals surface area contributed by atoms with Crippen molar-refractivity contribution in [3.05, 3.63) is 70.0 Å². The second-order valence-electron chi connectivity index (χ2n) is 5.81. The Bertz CT molecular complexity index is 1080. The van der Waals surface area contributed by atoms with Crippen LogP contribution in [0, 0.1) is 0 Å². The van der Waals surface area contributed by atoms with E-state index in [0.717, 1.165) is 4.68 Å². The predicted octanol–water partition coefficient (Wildman–Crippen LogP) is 2.93. The molecule has 2 aromatic carbocycles. The molecule has 3 aromatic rings. The zero-order valence-electron chi connectivity index (χ0n) is 14.0. The molecule has 0 saturated heterocycles. The minimum atomic E-state index is -0.389. The van der Waals surface area contributed by atoms with E-state index in [1.165, 1.54) is 6.07 Å². The smallest absolute Gasteiger partial charge is 0.267 e. The summed E-state index contributed by atoms with van der Waals surface area (Å²) in [6, 6.07) is 15.2. The van der Waals surface area contributed by atoms with Crippen LogP contribution in [0.1, 0.15) is 0 Å². The van der Waals surface area contributed by atoms with Crippen LogP contribution in [0.4, 0.5) is 5.69 Å². The van der Waals surface area contributed by atoms with Crippen LogP contribution in [0.3, 0.4) is 0 Å². The lowest BCUT2D eigenvalue weighted by atomic mass is 10.1. The molecule has 136 valence electrons. The van der Waals surface area contributed by atoms with Crippen LogP contribution in [0.5, 0.6) is 11.5 Å². The Morgan fingerprint density at radius 3 is 2.78 bits per heavy atom. The van der Waals surface area contributed by atoms with Crippen molar-refractivity contribution in [2.75, 3.05) is 12.1 Å². The van der Waals surface area contributed by atoms with Crippen LogP contribution in [-0.2, 0) is 11.3 Å². The number of hydrogen-bond acceptors (Lipinski definition) is 5. The maximum absolute atomic E-state index is 12.3. The van der Waals surface area contributed by atoms with Gasteiger partial charge in [0.1, 0.15) is 6.54 Å². The standard InChI is InChI=1S/C19H14ClN3O4/c20-14-4-2-1-3-13(14)15-6-8-19(25)23(22-15)10-18(24)21-12-5-7-16-17(9-12)27-11-26-16/h1-9H,10-11H2,(H,21,24). The molecule has 7 nitrogen and oxygen atoms in total. The molecule has 1 aliphatic rings. The molecular formula is C19H14ClN3O4. The molecular weight excluding hydrogens is 370 g/mol. The molecule has 1 N–H and O–H groups in total. The van der Waals surface area contributed by atoms with Crippen LogP contribution in [0.25, 0.3) is 11.3 Å². The molecule has 4 rings (SSSR count). The SMILES string of the molecule is O=C(Cn1nc(-c2ccccc2Cl)ccc1=O)Nc1ccc2c(c1)OCO2. The highest BCUT2D eigenvalue weighted by molar-refractivity contribution is 6.33. The first-order valence-electron chi connectivity index (χ1n) is 8.13. The molecule has 8 heteroatoms. The molecule has 0 atom stereocenters. The molecule has 0 aliphatic carbocycles. The number of halogens is 1. The molecule has 0 bridgehead atoms. The van der Waals surface area contributed by atoms with Crippen molar-refractivity contribution in [2.24, 2.45) is 0 Å². The topological polar surface area (TPSA) is 82.5 Å². The van der Waals surface area contributed by atoms with Crippen molar-refractivity contribution in [1.82, 2.24) is 9.78 Å². The van der Waals surface area contributed by atoms with E-state index in [1.807, 2.05) is 6.07 Å². The summed E-state index contributed by atoms with van der Waals surface area (Å²) in [4.78, 5) is 24.4. The number of hydrogen-bond donors (Lipinski definition) is 1. The Balaban J connectivity index is 1.53. The molecule has 27 heavy (non-hydrogen) atoms. The average Bonchev–Trinajstić information content (AvgIpc) is 3.12. The third-order valence-corrected chi connectivity index (χ3v) is 4.30. The first-order chi connectivity index (χ1) is 13.1. The van der Waals surface area contributed by atoms with E-state index in [0.29, 0.717) is 33.5 Å². The van der Waals surface area contributed by atoms with Gasteiger partial charge < -0.3 is 14.8 Å². The number of amides is 1. The summed E-state index contributed by atoms with van der Waals surface area (Å²) in [5.74, 6) is 0.793. The largest absolute Gasteiger partial charge is 0.454 e. The lowest BCUT2D eigenvalue weighted by molar-refractivity contribution is -0.117. The van der Waals surface area contributed by atoms with Crippen molar-refractivity contribution >= 4 is 23.2 Å². The molecule has 0 unspecified atom stereocenters. The van der Waals surface area contributed by atoms with Crippen LogP contribution >= 0.6 is 11.6 Å². The normalized spacial score (nSPS) is 12.0. The second kappa shape index (κ2) is 7.13. The quantitative estimate of drug-likeness (QED) is 0.749. The number of rotatable bonds is 4. The minimum absolute atomic E-state index is 0.154. The zero-order chi connectivity index (χ0) is 18.8. The first kappa shape index (κ1) is 17.1. The van der Waals surface area contributed by atoms with Gasteiger partial charge in [-0.3, -0.25) is 9.59 Å². The van der Waals surface area contributed by atoms with E-state index in [-0.39, 0.29) is 24.8 Å². The monoisotopic (exact) mass is 383 g/mol. The molecule has 0 spiro atoms. The molecule has 0 fully saturated rings. The predicted molar refractivity (Wildman–Crippen MR) is 100 cm³/mol. The number of ether oxygens (including phenoxy) is 2. The van der Waals surface area contributed by atoms with Crippen LogP contribution in [-0.4, -0.2) is 22.5 Å². The highest BCUT2D eigenvalue weighted by Gasteiger charge is 2.15. The Morgan fingerprint density at radius 1 is 1.11 bits per heavy atom. The van der Waals surface area contributed by atoms with Gasteiger partial charge >= 0.3 is 0 Å². The van der Waals surface area contributed by atoms with E-state index in [1.54, 1.807) is 42.5 Å². The molecule has 2 heterocycles. The summed E-state index contributed by atoms with van der Waals surface area (Å²) in [6.07, 6.45) is 0. The summed E-state index contributed by atoms with van der Waals surface area (Å²) in [5, 5.41) is 7.49. The van der Waals surface area contributed by atoms with Gasteiger partial charge in [0.2, 0.25) is 12.7 Å². The van der Waals surface area contributed by atoms with Crippen molar-refractivity contribution in [1.29, 1.82) is 0 Å². The Labute approximate surface area is 159 Å². The van der Waals surface area contributed by atoms with Crippen LogP contribution in [0.15, 0.2) is 59.4 Å². The number of fused-ring (bicyclic) bond motifs is 1. The van der Waals surface area contributed by atoms with E-state index < -0.39 is 0 Å². The summed E-state index contributed by atoms with van der Waals surface area (Å²) >= 11 is 6.18. The van der Waals surface area contributed by atoms with Gasteiger partial charge in [0.05, 0.1) is 10.7 Å². The number of benzene rings is 2. The van der Waals surface area contributed by atoms with E-state index in [4.69, 9.17) is 21.1 Å². The number of nitrogens with zero attached hydrogens (tertiary/aromatic N) is 2. The highest BCUT2D eigenvalue weighted by atomic mass is 35.5. The second-order valence-corrected chi connectivity index (χ2v) is 6.22. The number of carbonyl (C=O) groups is 1. The van der Waals surface area contributed by atoms with Gasteiger partial charge in [0.15, 0.2) is 11.5 Å². The third-order valence-electron chi connectivity index (χ3n) is 3.97. The van der Waals surface area contributed by atoms with Gasteiger partial charge in [0.25, 0.3) is 5.56 Å². The van der Waals surface area contributed by atoms with E-state index in [9.17, 15) is 9.59 Å². The van der Waals surface area contributed by atoms with Crippen LogP contribution < -0.4 is 20.3 Å². The number of aromatic nitrogens is 2. The first-order valence-corrected chi connectivity index (χ1v) is 8.50. The maximum atomic E-state index is 12.3. The lowest BCUT2D eigenvalue weighted by Crippen LogP contribution is -2.29. The molecule has 1 amide bonds. The van der Waals surface area contributed by atoms with Crippen molar-refractivity contribution < 1.29 is 14.3 Å². The average molecular weight is 384 g/mol. The molecule has 0 radical (unpaired) electrons. The fraction of sp³-hybridized carbons (Fsp3) is 0.105. The Morgan fingerprint density at radius 2 is 1.93 bits per heavy atom. The zero-order valence-corrected chi connectivity index (χ0v) is 14.8. The minimum Gasteiger partial charge on any atom is -0.454 e. The van der Waals surface area contributed by atoms with Crippen molar-refractivity contribution in [3.63, 3.8) is 0 Å². The summed E-state index contributed by atoms with van der Waals surface area (Å²) < 4.78 is 11.6. The van der Waals surface area contributed by atoms with E-state index >= 15 is 0 Å². The Kier molecular flexibility index (Phi) is 4.52. The molecule has 1 aromatic heterocycles. The highest BCUT2D eigenvalue weighted by Crippen LogP contribution is 2.34. The lowest BCUT2D eigenvalue weighted by Gasteiger charge is -2.09. The number of nitrogens with one attached hydrogen (secondary N) is 1. The fourth-order valence-corrected chi connectivity index (χ4v) is 2.92.